The number of hydrogen-bond acceptors (Lipinski definition) is 7. The molecule has 1 atom stereocenters. The molecule has 1 aliphatic rings. The first-order valence-corrected chi connectivity index (χ1v) is 9.79. The van der Waals surface area contributed by atoms with Crippen LogP contribution in [0.3, 0.4) is 0 Å². The highest BCUT2D eigenvalue weighted by molar-refractivity contribution is 6.34. The van der Waals surface area contributed by atoms with Gasteiger partial charge in [0.1, 0.15) is 11.2 Å². The molecule has 1 amide bonds. The molecule has 0 spiro atoms. The molecular formula is C20H19ClFN7O2. The molecule has 0 unspecified atom stereocenters. The smallest absolute Gasteiger partial charge is 0.253 e. The van der Waals surface area contributed by atoms with Crippen LogP contribution < -0.4 is 20.9 Å². The lowest BCUT2D eigenvalue weighted by Gasteiger charge is -2.19. The Hall–Kier alpha value is -3.66. The molecule has 31 heavy (non-hydrogen) atoms. The molecule has 0 saturated carbocycles. The summed E-state index contributed by atoms with van der Waals surface area (Å²) in [6.45, 7) is 1.13. The fourth-order valence-electron chi connectivity index (χ4n) is 3.66. The number of fused-ring (bicyclic) bond motifs is 1. The molecule has 2 aromatic carbocycles. The Kier molecular flexibility index (Phi) is 5.47. The predicted molar refractivity (Wildman–Crippen MR) is 118 cm³/mol. The molecule has 160 valence electrons. The van der Waals surface area contributed by atoms with Crippen LogP contribution in [0.25, 0.3) is 11.0 Å². The van der Waals surface area contributed by atoms with Crippen molar-refractivity contribution in [3.8, 4) is 0 Å². The number of amides is 1. The average molecular weight is 444 g/mol. The highest BCUT2D eigenvalue weighted by atomic mass is 35.5. The van der Waals surface area contributed by atoms with Gasteiger partial charge in [0.15, 0.2) is 11.4 Å². The number of hydrogen-bond donors (Lipinski definition) is 4. The molecule has 0 bridgehead atoms. The van der Waals surface area contributed by atoms with Gasteiger partial charge in [-0.2, -0.15) is 0 Å². The maximum absolute atomic E-state index is 14.0. The second kappa shape index (κ2) is 8.23. The van der Waals surface area contributed by atoms with Crippen molar-refractivity contribution in [3.63, 3.8) is 0 Å². The summed E-state index contributed by atoms with van der Waals surface area (Å²) >= 11 is 6.26. The van der Waals surface area contributed by atoms with E-state index >= 15 is 0 Å². The highest BCUT2D eigenvalue weighted by Crippen LogP contribution is 2.34. The van der Waals surface area contributed by atoms with Gasteiger partial charge < -0.3 is 20.5 Å². The minimum atomic E-state index is -0.496. The third-order valence-electron chi connectivity index (χ3n) is 5.22. The summed E-state index contributed by atoms with van der Waals surface area (Å²) in [7, 11) is 0. The van der Waals surface area contributed by atoms with Crippen molar-refractivity contribution in [3.05, 3.63) is 46.7 Å². The topological polar surface area (TPSA) is 135 Å². The Labute approximate surface area is 181 Å². The van der Waals surface area contributed by atoms with Gasteiger partial charge in [-0.05, 0) is 36.8 Å². The van der Waals surface area contributed by atoms with Gasteiger partial charge in [0, 0.05) is 24.8 Å². The number of benzene rings is 2. The van der Waals surface area contributed by atoms with Crippen LogP contribution >= 0.6 is 11.6 Å². The zero-order chi connectivity index (χ0) is 22.1. The number of carbonyl (C=O) groups excluding carboxylic acids is 1. The van der Waals surface area contributed by atoms with E-state index in [0.29, 0.717) is 36.4 Å². The minimum absolute atomic E-state index is 0.00101. The number of nitrogen functional groups attached to an aromatic ring is 1. The Bertz CT molecular complexity index is 1170. The lowest BCUT2D eigenvalue weighted by molar-refractivity contribution is 0.0940. The number of nitrogens with two attached hydrogens (primary N) is 1. The third kappa shape index (κ3) is 3.77. The summed E-state index contributed by atoms with van der Waals surface area (Å²) in [4.78, 5) is 16.0. The molecule has 1 aliphatic heterocycles. The summed E-state index contributed by atoms with van der Waals surface area (Å²) in [5, 5.41) is 21.6. The van der Waals surface area contributed by atoms with Crippen LogP contribution in [0.2, 0.25) is 5.02 Å². The largest absolute Gasteiger partial charge is 0.380 e. The van der Waals surface area contributed by atoms with Gasteiger partial charge >= 0.3 is 0 Å². The van der Waals surface area contributed by atoms with Gasteiger partial charge in [-0.15, -0.1) is 0 Å². The lowest BCUT2D eigenvalue weighted by Crippen LogP contribution is -2.37. The van der Waals surface area contributed by atoms with Gasteiger partial charge in [0.2, 0.25) is 0 Å². The zero-order valence-corrected chi connectivity index (χ0v) is 17.0. The van der Waals surface area contributed by atoms with Gasteiger partial charge in [0.25, 0.3) is 5.91 Å². The maximum atomic E-state index is 14.0. The number of rotatable bonds is 6. The molecule has 0 radical (unpaired) electrons. The van der Waals surface area contributed by atoms with E-state index in [0.717, 1.165) is 12.7 Å². The van der Waals surface area contributed by atoms with Gasteiger partial charge in [-0.1, -0.05) is 16.8 Å². The van der Waals surface area contributed by atoms with Crippen LogP contribution in [0.1, 0.15) is 16.8 Å². The highest BCUT2D eigenvalue weighted by Gasteiger charge is 2.28. The van der Waals surface area contributed by atoms with E-state index in [9.17, 15) is 9.18 Å². The number of carbonyl (C=O) groups is 1. The van der Waals surface area contributed by atoms with E-state index in [4.69, 9.17) is 32.7 Å². The van der Waals surface area contributed by atoms with E-state index in [2.05, 4.69) is 10.5 Å². The van der Waals surface area contributed by atoms with Crippen LogP contribution in [-0.4, -0.2) is 42.9 Å². The summed E-state index contributed by atoms with van der Waals surface area (Å²) < 4.78 is 19.3. The maximum Gasteiger partial charge on any atom is 0.253 e. The monoisotopic (exact) mass is 443 g/mol. The molecule has 11 heteroatoms. The molecule has 1 aromatic heterocycles. The number of nitrogens with zero attached hydrogens (tertiary/aromatic N) is 3. The third-order valence-corrected chi connectivity index (χ3v) is 5.53. The van der Waals surface area contributed by atoms with Crippen molar-refractivity contribution in [2.24, 2.45) is 0 Å². The number of aromatic nitrogens is 1. The Morgan fingerprint density at radius 2 is 2.13 bits per heavy atom. The molecule has 4 rings (SSSR count). The first kappa shape index (κ1) is 20.6. The van der Waals surface area contributed by atoms with E-state index in [-0.39, 0.29) is 33.8 Å². The van der Waals surface area contributed by atoms with E-state index in [1.807, 2.05) is 4.90 Å². The Morgan fingerprint density at radius 3 is 2.84 bits per heavy atom. The number of nitrogens with one attached hydrogen (secondary N) is 3. The van der Waals surface area contributed by atoms with E-state index in [1.165, 1.54) is 17.0 Å². The second-order valence-corrected chi connectivity index (χ2v) is 7.48. The standard InChI is InChI=1S/C20H19ClFN7O2/c21-14-7-12(29(9-23)10-24)1-2-13(14)20(30)26-11-5-6-28(8-11)16-4-3-15(22)17-18(16)31-27-19(17)25/h1-4,7,9-11,23-24H,5-6,8H2,(H2,25,27)(H,26,30)/t11-/m1/s1. The van der Waals surface area contributed by atoms with Crippen LogP contribution in [0, 0.1) is 16.6 Å². The van der Waals surface area contributed by atoms with Gasteiger partial charge in [0.05, 0.1) is 29.0 Å². The van der Waals surface area contributed by atoms with Crippen molar-refractivity contribution >= 4 is 58.3 Å². The summed E-state index contributed by atoms with van der Waals surface area (Å²) in [6.07, 6.45) is 2.62. The number of halogens is 2. The normalized spacial score (nSPS) is 15.8. The average Bonchev–Trinajstić information content (AvgIpc) is 3.37. The lowest BCUT2D eigenvalue weighted by atomic mass is 10.1. The molecule has 0 aliphatic carbocycles. The molecule has 3 aromatic rings. The van der Waals surface area contributed by atoms with Gasteiger partial charge in [-0.25, -0.2) is 4.39 Å². The molecule has 1 saturated heterocycles. The van der Waals surface area contributed by atoms with Crippen LogP contribution in [0.4, 0.5) is 21.6 Å². The second-order valence-electron chi connectivity index (χ2n) is 7.07. The number of anilines is 3. The van der Waals surface area contributed by atoms with Crippen molar-refractivity contribution < 1.29 is 13.7 Å². The predicted octanol–water partition coefficient (Wildman–Crippen LogP) is 3.23. The van der Waals surface area contributed by atoms with E-state index < -0.39 is 5.82 Å². The Balaban J connectivity index is 1.48. The SMILES string of the molecule is N=CN(C=N)c1ccc(C(=O)N[C@@H]2CCN(c3ccc(F)c4c(N)noc34)C2)c(Cl)c1. The summed E-state index contributed by atoms with van der Waals surface area (Å²) in [6, 6.07) is 7.48. The van der Waals surface area contributed by atoms with Crippen LogP contribution in [0.15, 0.2) is 34.9 Å². The van der Waals surface area contributed by atoms with Crippen molar-refractivity contribution in [1.82, 2.24) is 10.5 Å². The molecule has 1 fully saturated rings. The minimum Gasteiger partial charge on any atom is -0.380 e. The van der Waals surface area contributed by atoms with Crippen LogP contribution in [0.5, 0.6) is 0 Å². The quantitative estimate of drug-likeness (QED) is 0.341. The van der Waals surface area contributed by atoms with Crippen molar-refractivity contribution in [2.75, 3.05) is 28.6 Å². The van der Waals surface area contributed by atoms with Gasteiger partial charge in [-0.3, -0.25) is 20.5 Å². The summed E-state index contributed by atoms with van der Waals surface area (Å²) in [5.41, 5.74) is 7.45. The first-order chi connectivity index (χ1) is 14.9. The van der Waals surface area contributed by atoms with Crippen molar-refractivity contribution in [1.29, 1.82) is 10.8 Å². The Morgan fingerprint density at radius 1 is 1.35 bits per heavy atom. The van der Waals surface area contributed by atoms with Crippen molar-refractivity contribution in [2.45, 2.75) is 12.5 Å². The molecule has 2 heterocycles. The zero-order valence-electron chi connectivity index (χ0n) is 16.2. The fraction of sp³-hybridized carbons (Fsp3) is 0.200. The molecule has 5 N–H and O–H groups in total. The van der Waals surface area contributed by atoms with Crippen LogP contribution in [-0.2, 0) is 0 Å². The molecule has 9 nitrogen and oxygen atoms in total. The van der Waals surface area contributed by atoms with E-state index in [1.54, 1.807) is 18.2 Å². The first-order valence-electron chi connectivity index (χ1n) is 9.41. The fourth-order valence-corrected chi connectivity index (χ4v) is 3.92. The molecular weight excluding hydrogens is 425 g/mol. The summed E-state index contributed by atoms with van der Waals surface area (Å²) in [5.74, 6) is -0.821.